The van der Waals surface area contributed by atoms with E-state index in [1.54, 1.807) is 52.0 Å². The Bertz CT molecular complexity index is 1460. The Morgan fingerprint density at radius 1 is 1.07 bits per heavy atom. The van der Waals surface area contributed by atoms with E-state index < -0.39 is 29.5 Å². The lowest BCUT2D eigenvalue weighted by atomic mass is 9.95. The number of alkyl halides is 3. The molecule has 0 saturated carbocycles. The summed E-state index contributed by atoms with van der Waals surface area (Å²) < 4.78 is 51.2. The molecule has 1 aliphatic heterocycles. The zero-order valence-corrected chi connectivity index (χ0v) is 23.8. The summed E-state index contributed by atoms with van der Waals surface area (Å²) in [5, 5.41) is 5.52. The van der Waals surface area contributed by atoms with Gasteiger partial charge in [-0.3, -0.25) is 4.79 Å². The Kier molecular flexibility index (Phi) is 9.30. The maximum Gasteiger partial charge on any atom is 0.416 e. The summed E-state index contributed by atoms with van der Waals surface area (Å²) >= 11 is 0. The number of alkyl carbamates (subject to hydrolysis) is 1. The van der Waals surface area contributed by atoms with E-state index in [0.717, 1.165) is 23.3 Å². The van der Waals surface area contributed by atoms with E-state index in [1.807, 2.05) is 6.08 Å². The zero-order chi connectivity index (χ0) is 30.5. The van der Waals surface area contributed by atoms with E-state index in [-0.39, 0.29) is 18.1 Å². The molecule has 1 aromatic heterocycles. The SMILES string of the molecule is C[C@@H](NC(=O)c1ccnc(C2=CCOCC2)n1)c1ccc(-c2cc(C(F)(F)F)ccc2CNC(=O)OC(C)(C)C)cc1. The average Bonchev–Trinajstić information content (AvgIpc) is 2.95. The molecule has 222 valence electrons. The number of ether oxygens (including phenoxy) is 2. The lowest BCUT2D eigenvalue weighted by molar-refractivity contribution is -0.137. The molecule has 2 N–H and O–H groups in total. The normalized spacial score (nSPS) is 14.5. The molecule has 1 aliphatic rings. The van der Waals surface area contributed by atoms with Gasteiger partial charge in [-0.05, 0) is 80.1 Å². The second-order valence-electron chi connectivity index (χ2n) is 10.9. The van der Waals surface area contributed by atoms with Crippen LogP contribution in [-0.2, 0) is 22.2 Å². The largest absolute Gasteiger partial charge is 0.444 e. The Morgan fingerprint density at radius 2 is 1.81 bits per heavy atom. The lowest BCUT2D eigenvalue weighted by Gasteiger charge is -2.20. The molecular formula is C31H33F3N4O4. The number of benzene rings is 2. The average molecular weight is 583 g/mol. The van der Waals surface area contributed by atoms with Crippen LogP contribution in [-0.4, -0.2) is 40.8 Å². The number of rotatable bonds is 7. The lowest BCUT2D eigenvalue weighted by Crippen LogP contribution is -2.32. The molecular weight excluding hydrogens is 549 g/mol. The molecule has 0 unspecified atom stereocenters. The minimum Gasteiger partial charge on any atom is -0.444 e. The molecule has 1 atom stereocenters. The van der Waals surface area contributed by atoms with Gasteiger partial charge in [0.1, 0.15) is 11.3 Å². The van der Waals surface area contributed by atoms with Gasteiger partial charge < -0.3 is 20.1 Å². The fourth-order valence-corrected chi connectivity index (χ4v) is 4.33. The number of aromatic nitrogens is 2. The maximum atomic E-state index is 13.5. The van der Waals surface area contributed by atoms with Crippen LogP contribution in [0.2, 0.25) is 0 Å². The van der Waals surface area contributed by atoms with Crippen LogP contribution in [0, 0.1) is 0 Å². The van der Waals surface area contributed by atoms with Crippen molar-refractivity contribution in [1.82, 2.24) is 20.6 Å². The van der Waals surface area contributed by atoms with Gasteiger partial charge in [0.15, 0.2) is 5.82 Å². The molecule has 0 aliphatic carbocycles. The molecule has 2 amide bonds. The second kappa shape index (κ2) is 12.7. The van der Waals surface area contributed by atoms with E-state index in [4.69, 9.17) is 9.47 Å². The number of carbonyl (C=O) groups is 2. The van der Waals surface area contributed by atoms with Gasteiger partial charge >= 0.3 is 12.3 Å². The minimum atomic E-state index is -4.53. The first-order valence-corrected chi connectivity index (χ1v) is 13.5. The first kappa shape index (κ1) is 30.7. The van der Waals surface area contributed by atoms with Gasteiger partial charge in [0.05, 0.1) is 24.8 Å². The van der Waals surface area contributed by atoms with Crippen molar-refractivity contribution in [2.45, 2.75) is 58.5 Å². The summed E-state index contributed by atoms with van der Waals surface area (Å²) in [5.74, 6) is 0.109. The van der Waals surface area contributed by atoms with Crippen molar-refractivity contribution in [2.75, 3.05) is 13.2 Å². The molecule has 0 bridgehead atoms. The highest BCUT2D eigenvalue weighted by Gasteiger charge is 2.31. The van der Waals surface area contributed by atoms with E-state index in [0.29, 0.717) is 42.1 Å². The van der Waals surface area contributed by atoms with E-state index in [9.17, 15) is 22.8 Å². The van der Waals surface area contributed by atoms with Gasteiger partial charge in [0.2, 0.25) is 0 Å². The van der Waals surface area contributed by atoms with Crippen molar-refractivity contribution in [3.05, 3.63) is 89.0 Å². The summed E-state index contributed by atoms with van der Waals surface area (Å²) in [5.41, 5.74) is 1.71. The molecule has 4 rings (SSSR count). The van der Waals surface area contributed by atoms with Gasteiger partial charge in [0, 0.05) is 12.7 Å². The maximum absolute atomic E-state index is 13.5. The number of hydrogen-bond acceptors (Lipinski definition) is 6. The fourth-order valence-electron chi connectivity index (χ4n) is 4.33. The van der Waals surface area contributed by atoms with Crippen molar-refractivity contribution in [3.8, 4) is 11.1 Å². The van der Waals surface area contributed by atoms with E-state index in [2.05, 4.69) is 20.6 Å². The molecule has 0 spiro atoms. The van der Waals surface area contributed by atoms with Gasteiger partial charge in [-0.15, -0.1) is 0 Å². The molecule has 0 radical (unpaired) electrons. The van der Waals surface area contributed by atoms with Crippen LogP contribution in [0.25, 0.3) is 16.7 Å². The highest BCUT2D eigenvalue weighted by atomic mass is 19.4. The molecule has 11 heteroatoms. The predicted molar refractivity (Wildman–Crippen MR) is 151 cm³/mol. The van der Waals surface area contributed by atoms with E-state index >= 15 is 0 Å². The molecule has 0 saturated heterocycles. The van der Waals surface area contributed by atoms with Crippen molar-refractivity contribution in [3.63, 3.8) is 0 Å². The van der Waals surface area contributed by atoms with Crippen molar-refractivity contribution in [1.29, 1.82) is 0 Å². The summed E-state index contributed by atoms with van der Waals surface area (Å²) in [7, 11) is 0. The number of hydrogen-bond donors (Lipinski definition) is 2. The van der Waals surface area contributed by atoms with Gasteiger partial charge in [-0.1, -0.05) is 36.4 Å². The van der Waals surface area contributed by atoms with Gasteiger partial charge in [-0.25, -0.2) is 14.8 Å². The summed E-state index contributed by atoms with van der Waals surface area (Å²) in [4.78, 5) is 33.8. The summed E-state index contributed by atoms with van der Waals surface area (Å²) in [6.45, 7) is 7.98. The number of amides is 2. The Hall–Kier alpha value is -4.25. The van der Waals surface area contributed by atoms with Crippen LogP contribution in [0.3, 0.4) is 0 Å². The predicted octanol–water partition coefficient (Wildman–Crippen LogP) is 6.48. The third-order valence-electron chi connectivity index (χ3n) is 6.47. The highest BCUT2D eigenvalue weighted by Crippen LogP contribution is 2.34. The first-order chi connectivity index (χ1) is 19.8. The van der Waals surface area contributed by atoms with Crippen molar-refractivity contribution >= 4 is 17.6 Å². The monoisotopic (exact) mass is 582 g/mol. The topological polar surface area (TPSA) is 102 Å². The third kappa shape index (κ3) is 8.16. The zero-order valence-electron chi connectivity index (χ0n) is 23.8. The van der Waals surface area contributed by atoms with Crippen LogP contribution >= 0.6 is 0 Å². The number of carbonyl (C=O) groups excluding carboxylic acids is 2. The van der Waals surface area contributed by atoms with Crippen LogP contribution in [0.4, 0.5) is 18.0 Å². The van der Waals surface area contributed by atoms with Crippen LogP contribution < -0.4 is 10.6 Å². The summed E-state index contributed by atoms with van der Waals surface area (Å²) in [6.07, 6.45) is -1.11. The minimum absolute atomic E-state index is 0.0263. The Labute approximate surface area is 242 Å². The molecule has 2 heterocycles. The second-order valence-corrected chi connectivity index (χ2v) is 10.9. The Morgan fingerprint density at radius 3 is 2.45 bits per heavy atom. The Balaban J connectivity index is 1.50. The number of nitrogens with one attached hydrogen (secondary N) is 2. The number of nitrogens with zero attached hydrogens (tertiary/aromatic N) is 2. The van der Waals surface area contributed by atoms with Crippen LogP contribution in [0.15, 0.2) is 60.8 Å². The van der Waals surface area contributed by atoms with Crippen LogP contribution in [0.5, 0.6) is 0 Å². The number of halogens is 3. The smallest absolute Gasteiger partial charge is 0.416 e. The van der Waals surface area contributed by atoms with Crippen molar-refractivity contribution in [2.24, 2.45) is 0 Å². The highest BCUT2D eigenvalue weighted by molar-refractivity contribution is 5.92. The van der Waals surface area contributed by atoms with E-state index in [1.165, 1.54) is 18.3 Å². The summed E-state index contributed by atoms with van der Waals surface area (Å²) in [6, 6.07) is 11.4. The van der Waals surface area contributed by atoms with Crippen LogP contribution in [0.1, 0.15) is 73.2 Å². The molecule has 0 fully saturated rings. The van der Waals surface area contributed by atoms with Gasteiger partial charge in [0.25, 0.3) is 5.91 Å². The molecule has 42 heavy (non-hydrogen) atoms. The quantitative estimate of drug-likeness (QED) is 0.331. The third-order valence-corrected chi connectivity index (χ3v) is 6.47. The molecule has 3 aromatic rings. The molecule has 8 nitrogen and oxygen atoms in total. The fraction of sp³-hybridized carbons (Fsp3) is 0.355. The van der Waals surface area contributed by atoms with Crippen molar-refractivity contribution < 1.29 is 32.2 Å². The molecule has 2 aromatic carbocycles. The standard InChI is InChI=1S/C31H33F3N4O4/c1-19(37-28(39)26-11-14-35-27(38-26)22-12-15-41-16-13-22)20-5-7-21(8-6-20)25-17-24(31(32,33)34)10-9-23(25)18-36-29(40)42-30(2,3)4/h5-12,14,17,19H,13,15-16,18H2,1-4H3,(H,36,40)(H,37,39)/t19-/m1/s1. The first-order valence-electron chi connectivity index (χ1n) is 13.5. The van der Waals surface area contributed by atoms with Gasteiger partial charge in [-0.2, -0.15) is 13.2 Å².